The van der Waals surface area contributed by atoms with E-state index in [9.17, 15) is 9.59 Å². The van der Waals surface area contributed by atoms with Crippen molar-refractivity contribution in [3.05, 3.63) is 30.3 Å². The fraction of sp³-hybridized carbons (Fsp3) is 0.550. The lowest BCUT2D eigenvalue weighted by Gasteiger charge is -2.24. The van der Waals surface area contributed by atoms with Crippen molar-refractivity contribution in [1.82, 2.24) is 10.2 Å². The summed E-state index contributed by atoms with van der Waals surface area (Å²) in [5.41, 5.74) is 0.678. The Bertz CT molecular complexity index is 684. The number of rotatable bonds is 6. The van der Waals surface area contributed by atoms with E-state index >= 15 is 0 Å². The number of benzene rings is 1. The van der Waals surface area contributed by atoms with E-state index in [1.54, 1.807) is 12.1 Å². The molecule has 2 N–H and O–H groups in total. The lowest BCUT2D eigenvalue weighted by molar-refractivity contribution is -0.132. The maximum Gasteiger partial charge on any atom is 0.319 e. The average molecular weight is 372 g/mol. The van der Waals surface area contributed by atoms with Crippen LogP contribution < -0.4 is 10.6 Å². The van der Waals surface area contributed by atoms with Crippen molar-refractivity contribution in [2.45, 2.75) is 45.2 Å². The number of hydrogen-bond acceptors (Lipinski definition) is 4. The maximum absolute atomic E-state index is 12.9. The van der Waals surface area contributed by atoms with Gasteiger partial charge in [0, 0.05) is 18.8 Å². The van der Waals surface area contributed by atoms with Gasteiger partial charge in [-0.25, -0.2) is 9.79 Å². The Hall–Kier alpha value is -2.57. The molecule has 0 unspecified atom stereocenters. The van der Waals surface area contributed by atoms with Crippen LogP contribution in [0.2, 0.25) is 0 Å². The number of carbonyl (C=O) groups is 2. The summed E-state index contributed by atoms with van der Waals surface area (Å²) in [5, 5.41) is 5.58. The third-order valence-electron chi connectivity index (χ3n) is 4.93. The van der Waals surface area contributed by atoms with Crippen molar-refractivity contribution in [2.24, 2.45) is 10.9 Å². The van der Waals surface area contributed by atoms with Crippen LogP contribution in [0.3, 0.4) is 0 Å². The van der Waals surface area contributed by atoms with E-state index in [1.165, 1.54) is 0 Å². The molecular weight excluding hydrogens is 344 g/mol. The van der Waals surface area contributed by atoms with Crippen LogP contribution in [0.15, 0.2) is 35.3 Å². The molecule has 1 saturated heterocycles. The second-order valence-corrected chi connectivity index (χ2v) is 7.40. The Morgan fingerprint density at radius 3 is 2.56 bits per heavy atom. The molecule has 3 amide bonds. The van der Waals surface area contributed by atoms with Gasteiger partial charge in [-0.2, -0.15) is 0 Å². The first-order valence-electron chi connectivity index (χ1n) is 9.64. The molecule has 0 spiro atoms. The van der Waals surface area contributed by atoms with E-state index in [4.69, 9.17) is 4.74 Å². The summed E-state index contributed by atoms with van der Waals surface area (Å²) in [6.07, 6.45) is 2.28. The molecule has 0 aromatic heterocycles. The molecule has 2 atom stereocenters. The zero-order chi connectivity index (χ0) is 19.2. The van der Waals surface area contributed by atoms with Crippen molar-refractivity contribution in [3.63, 3.8) is 0 Å². The number of likely N-dealkylation sites (tertiary alicyclic amines) is 1. The van der Waals surface area contributed by atoms with E-state index < -0.39 is 12.1 Å². The van der Waals surface area contributed by atoms with E-state index in [2.05, 4.69) is 29.5 Å². The zero-order valence-electron chi connectivity index (χ0n) is 16.0. The van der Waals surface area contributed by atoms with Crippen LogP contribution >= 0.6 is 0 Å². The van der Waals surface area contributed by atoms with Crippen LogP contribution in [0.4, 0.5) is 10.5 Å². The standard InChI is InChI=1S/C20H28N4O3/c1-14(2)17-13-27-18(22-17)12-16(19(25)24-10-6-7-11-24)23-20(26)21-15-8-4-3-5-9-15/h3-5,8-9,14,16-17H,6-7,10-13H2,1-2H3,(H2,21,23,26)/t16-,17-/m1/s1. The lowest BCUT2D eigenvalue weighted by Crippen LogP contribution is -2.50. The topological polar surface area (TPSA) is 83.0 Å². The minimum Gasteiger partial charge on any atom is -0.479 e. The Balaban J connectivity index is 1.66. The molecule has 0 bridgehead atoms. The van der Waals surface area contributed by atoms with Gasteiger partial charge in [-0.15, -0.1) is 0 Å². The third-order valence-corrected chi connectivity index (χ3v) is 4.93. The first kappa shape index (κ1) is 19.2. The van der Waals surface area contributed by atoms with Gasteiger partial charge in [0.2, 0.25) is 5.91 Å². The normalized spacial score (nSPS) is 20.2. The highest BCUT2D eigenvalue weighted by atomic mass is 16.5. The number of nitrogens with one attached hydrogen (secondary N) is 2. The smallest absolute Gasteiger partial charge is 0.319 e. The first-order valence-corrected chi connectivity index (χ1v) is 9.64. The van der Waals surface area contributed by atoms with Crippen LogP contribution in [-0.4, -0.2) is 54.5 Å². The van der Waals surface area contributed by atoms with Gasteiger partial charge in [0.05, 0.1) is 12.5 Å². The first-order chi connectivity index (χ1) is 13.0. The minimum atomic E-state index is -0.684. The fourth-order valence-electron chi connectivity index (χ4n) is 3.27. The number of aliphatic imine (C=N–C) groups is 1. The number of amides is 3. The molecule has 2 aliphatic heterocycles. The van der Waals surface area contributed by atoms with Crippen molar-refractivity contribution < 1.29 is 14.3 Å². The Morgan fingerprint density at radius 1 is 1.22 bits per heavy atom. The highest BCUT2D eigenvalue weighted by molar-refractivity contribution is 5.96. The quantitative estimate of drug-likeness (QED) is 0.805. The number of urea groups is 1. The number of ether oxygens (including phenoxy) is 1. The molecule has 27 heavy (non-hydrogen) atoms. The summed E-state index contributed by atoms with van der Waals surface area (Å²) < 4.78 is 5.68. The predicted octanol–water partition coefficient (Wildman–Crippen LogP) is 2.64. The second-order valence-electron chi connectivity index (χ2n) is 7.40. The van der Waals surface area contributed by atoms with Gasteiger partial charge in [0.25, 0.3) is 0 Å². The molecule has 146 valence electrons. The van der Waals surface area contributed by atoms with Crippen molar-refractivity contribution in [3.8, 4) is 0 Å². The van der Waals surface area contributed by atoms with Gasteiger partial charge in [-0.1, -0.05) is 32.0 Å². The van der Waals surface area contributed by atoms with Crippen molar-refractivity contribution in [1.29, 1.82) is 0 Å². The van der Waals surface area contributed by atoms with Gasteiger partial charge in [-0.05, 0) is 30.9 Å². The van der Waals surface area contributed by atoms with E-state index in [-0.39, 0.29) is 18.4 Å². The Labute approximate surface area is 160 Å². The largest absolute Gasteiger partial charge is 0.479 e. The Kier molecular flexibility index (Phi) is 6.32. The maximum atomic E-state index is 12.9. The second kappa shape index (κ2) is 8.88. The summed E-state index contributed by atoms with van der Waals surface area (Å²) >= 11 is 0. The molecule has 0 saturated carbocycles. The van der Waals surface area contributed by atoms with Crippen LogP contribution in [0.1, 0.15) is 33.1 Å². The van der Waals surface area contributed by atoms with Crippen LogP contribution in [-0.2, 0) is 9.53 Å². The van der Waals surface area contributed by atoms with E-state index in [0.717, 1.165) is 25.9 Å². The molecule has 0 radical (unpaired) electrons. The number of nitrogens with zero attached hydrogens (tertiary/aromatic N) is 2. The molecule has 1 aromatic rings. The molecular formula is C20H28N4O3. The molecule has 3 rings (SSSR count). The van der Waals surface area contributed by atoms with Gasteiger partial charge in [-0.3, -0.25) is 4.79 Å². The van der Waals surface area contributed by atoms with Crippen LogP contribution in [0, 0.1) is 5.92 Å². The summed E-state index contributed by atoms with van der Waals surface area (Å²) in [6.45, 7) is 6.20. The highest BCUT2D eigenvalue weighted by Crippen LogP contribution is 2.18. The number of para-hydroxylation sites is 1. The number of carbonyl (C=O) groups excluding carboxylic acids is 2. The molecule has 2 aliphatic rings. The molecule has 1 fully saturated rings. The zero-order valence-corrected chi connectivity index (χ0v) is 16.0. The summed E-state index contributed by atoms with van der Waals surface area (Å²) in [6, 6.07) is 8.19. The SMILES string of the molecule is CC(C)[C@H]1COC(C[C@@H](NC(=O)Nc2ccccc2)C(=O)N2CCCC2)=N1. The van der Waals surface area contributed by atoms with Gasteiger partial charge < -0.3 is 20.3 Å². The lowest BCUT2D eigenvalue weighted by atomic mass is 10.1. The highest BCUT2D eigenvalue weighted by Gasteiger charge is 2.32. The molecule has 2 heterocycles. The van der Waals surface area contributed by atoms with Gasteiger partial charge in [0.15, 0.2) is 5.90 Å². The van der Waals surface area contributed by atoms with Crippen LogP contribution in [0.25, 0.3) is 0 Å². The van der Waals surface area contributed by atoms with Crippen molar-refractivity contribution in [2.75, 3.05) is 25.0 Å². The summed E-state index contributed by atoms with van der Waals surface area (Å²) in [4.78, 5) is 31.7. The van der Waals surface area contributed by atoms with E-state index in [1.807, 2.05) is 23.1 Å². The monoisotopic (exact) mass is 372 g/mol. The van der Waals surface area contributed by atoms with Gasteiger partial charge >= 0.3 is 6.03 Å². The van der Waals surface area contributed by atoms with Gasteiger partial charge in [0.1, 0.15) is 12.6 Å². The van der Waals surface area contributed by atoms with E-state index in [0.29, 0.717) is 24.1 Å². The molecule has 7 heteroatoms. The average Bonchev–Trinajstić information content (AvgIpc) is 3.33. The Morgan fingerprint density at radius 2 is 1.93 bits per heavy atom. The predicted molar refractivity (Wildman–Crippen MR) is 105 cm³/mol. The fourth-order valence-corrected chi connectivity index (χ4v) is 3.27. The molecule has 1 aromatic carbocycles. The number of anilines is 1. The van der Waals surface area contributed by atoms with Crippen LogP contribution in [0.5, 0.6) is 0 Å². The number of hydrogen-bond donors (Lipinski definition) is 2. The van der Waals surface area contributed by atoms with Crippen molar-refractivity contribution >= 4 is 23.5 Å². The molecule has 7 nitrogen and oxygen atoms in total. The molecule has 0 aliphatic carbocycles. The minimum absolute atomic E-state index is 0.0741. The summed E-state index contributed by atoms with van der Waals surface area (Å²) in [5.74, 6) is 0.853. The summed E-state index contributed by atoms with van der Waals surface area (Å²) in [7, 11) is 0. The third kappa shape index (κ3) is 5.21.